The minimum absolute atomic E-state index is 0.0590. The van der Waals surface area contributed by atoms with Gasteiger partial charge in [-0.3, -0.25) is 76.7 Å². The Morgan fingerprint density at radius 1 is 0.549 bits per heavy atom. The van der Waals surface area contributed by atoms with Crippen LogP contribution in [-0.4, -0.2) is 290 Å². The smallest absolute Gasteiger partial charge is 0.305 e. The molecule has 0 saturated carbocycles. The number of morpholine rings is 1. The van der Waals surface area contributed by atoms with Crippen LogP contribution in [0.3, 0.4) is 0 Å². The van der Waals surface area contributed by atoms with E-state index < -0.39 is 246 Å². The number of aromatic hydroxyl groups is 2. The summed E-state index contributed by atoms with van der Waals surface area (Å²) in [6, 6.07) is 6.24. The predicted octanol–water partition coefficient (Wildman–Crippen LogP) is 1.15. The van der Waals surface area contributed by atoms with E-state index in [0.29, 0.717) is 63.5 Å². The van der Waals surface area contributed by atoms with Crippen molar-refractivity contribution in [3.05, 3.63) is 167 Å². The van der Waals surface area contributed by atoms with Gasteiger partial charge < -0.3 is 109 Å². The number of carboxylic acids is 1. The number of ether oxygens (including phenoxy) is 1. The first-order valence-corrected chi connectivity index (χ1v) is 45.2. The number of benzene rings is 5. The number of carbonyl (C=O) groups excluding carboxylic acids is 15. The van der Waals surface area contributed by atoms with E-state index in [0.717, 1.165) is 31.5 Å². The van der Waals surface area contributed by atoms with Gasteiger partial charge in [0, 0.05) is 89.2 Å². The zero-order valence-electron chi connectivity index (χ0n) is 75.3. The zero-order valence-corrected chi connectivity index (χ0v) is 76.1. The average Bonchev–Trinajstić information content (AvgIpc) is 1.78. The third-order valence-corrected chi connectivity index (χ3v) is 24.5. The van der Waals surface area contributed by atoms with Gasteiger partial charge >= 0.3 is 5.97 Å². The van der Waals surface area contributed by atoms with Gasteiger partial charge in [0.2, 0.25) is 88.6 Å². The number of unbranched alkanes of at least 4 members (excludes halogenated alkanes) is 1. The van der Waals surface area contributed by atoms with E-state index in [1.165, 1.54) is 62.6 Å². The van der Waals surface area contributed by atoms with E-state index in [-0.39, 0.29) is 101 Å². The number of halogens is 3. The molecule has 9 rings (SSSR count). The van der Waals surface area contributed by atoms with Crippen molar-refractivity contribution < 1.29 is 110 Å². The van der Waals surface area contributed by atoms with Crippen molar-refractivity contribution in [3.63, 3.8) is 0 Å². The fourth-order valence-corrected chi connectivity index (χ4v) is 17.0. The van der Waals surface area contributed by atoms with Gasteiger partial charge in [0.1, 0.15) is 90.0 Å². The fourth-order valence-electron chi connectivity index (χ4n) is 16.2. The molecule has 3 saturated heterocycles. The first-order chi connectivity index (χ1) is 63.2. The Morgan fingerprint density at radius 2 is 1.09 bits per heavy atom. The molecule has 13 atom stereocenters. The van der Waals surface area contributed by atoms with Crippen molar-refractivity contribution in [1.29, 1.82) is 0 Å². The minimum atomic E-state index is -1.95. The molecule has 1 aromatic heterocycles. The van der Waals surface area contributed by atoms with Crippen molar-refractivity contribution in [2.75, 3.05) is 72.0 Å². The van der Waals surface area contributed by atoms with Gasteiger partial charge in [0.05, 0.1) is 31.9 Å². The number of primary amides is 1. The van der Waals surface area contributed by atoms with Crippen LogP contribution in [0.25, 0.3) is 10.9 Å². The Balaban J connectivity index is 1.13. The largest absolute Gasteiger partial charge is 0.508 e. The average molecular weight is 1870 g/mol. The summed E-state index contributed by atoms with van der Waals surface area (Å²) in [4.78, 5) is 246. The molecule has 0 spiro atoms. The number of phenols is 2. The highest BCUT2D eigenvalue weighted by Gasteiger charge is 2.46. The number of carboxylic acid groups (broad SMARTS) is 1. The Morgan fingerprint density at radius 3 is 1.71 bits per heavy atom. The van der Waals surface area contributed by atoms with Crippen molar-refractivity contribution in [3.8, 4) is 11.5 Å². The third-order valence-electron chi connectivity index (χ3n) is 23.4. The normalized spacial score (nSPS) is 23.7. The maximum atomic E-state index is 15.7. The number of aromatic amines is 1. The van der Waals surface area contributed by atoms with Crippen LogP contribution in [0.4, 0.5) is 13.2 Å². The van der Waals surface area contributed by atoms with Crippen molar-refractivity contribution >= 4 is 117 Å². The third kappa shape index (κ3) is 28.7. The van der Waals surface area contributed by atoms with Crippen LogP contribution < -0.4 is 59.3 Å². The number of carbonyl (C=O) groups is 16. The number of nitrogens with one attached hydrogen (secondary N) is 10. The molecule has 5 aromatic carbocycles. The molecule has 4 heterocycles. The molecule has 6 aromatic rings. The minimum Gasteiger partial charge on any atom is -0.508 e. The number of thioether (sulfide) groups is 1. The number of phenolic OH excluding ortho intramolecular Hbond substituents is 2. The maximum absolute atomic E-state index is 15.7. The second kappa shape index (κ2) is 48.8. The molecular weight excluding hydrogens is 1750 g/mol. The standard InChI is InChI=1S/C92H118F3N17O20S/c1-9-10-21-71-91(130)111-33-16-22-70(111)85(124)105-67(44-77(117)118)84(123)107-79(51(4)5)92(131)109(7)72(41-52-17-12-11-13-18-52)86(125)101-63(31-32-96)89(128)112-34-35-132-47-74(112)87(126)104-66(43-56-45-98-62-20-15-14-19-59(56)62)83(122)103-65(39-53-23-27-57(113)28-24-53)82(121)102-64(36-50(2)3)81(120)106-69(80(119)99-46-75(97)115)48-133-49-76(116)100-68(40-55-37-60(93)78(95)61(94)38-55)88(127)110(8)73(90(129)108(71)6)42-54-25-29-58(114)30-26-54/h11-15,17-20,23-30,37-38,45,50-51,63-74,79,98,113-114H,9-10,16,21-22,31-36,39-44,46-49,96H2,1-8H3,(H2,97,115)(H,99,119)(H,100,116)(H,101,125)(H,102,121)(H,103,122)(H,104,126)(H,105,124)(H,106,120)(H,107,123)(H,117,118)/t63-,64-,65-,66+,67-,68-,69-,70+,71-,72-,73-,74+,79+/m0/s1. The quantitative estimate of drug-likeness (QED) is 0.0400. The van der Waals surface area contributed by atoms with Crippen molar-refractivity contribution in [2.24, 2.45) is 23.3 Å². The highest BCUT2D eigenvalue weighted by Crippen LogP contribution is 2.28. The van der Waals surface area contributed by atoms with Gasteiger partial charge in [-0.25, -0.2) is 13.2 Å². The molecule has 0 bridgehead atoms. The van der Waals surface area contributed by atoms with Gasteiger partial charge in [0.15, 0.2) is 17.5 Å². The van der Waals surface area contributed by atoms with Gasteiger partial charge in [-0.2, -0.15) is 0 Å². The first-order valence-electron chi connectivity index (χ1n) is 44.0. The summed E-state index contributed by atoms with van der Waals surface area (Å²) in [5, 5.41) is 55.3. The predicted molar refractivity (Wildman–Crippen MR) is 481 cm³/mol. The fraction of sp³-hybridized carbons (Fsp3) is 0.478. The number of rotatable bonds is 23. The molecule has 17 N–H and O–H groups in total. The highest BCUT2D eigenvalue weighted by molar-refractivity contribution is 8.00. The van der Waals surface area contributed by atoms with Gasteiger partial charge in [-0.15, -0.1) is 11.8 Å². The molecule has 3 aliphatic rings. The summed E-state index contributed by atoms with van der Waals surface area (Å²) in [5.74, 6) is -24.6. The topological polar surface area (TPSA) is 535 Å². The van der Waals surface area contributed by atoms with Crippen molar-refractivity contribution in [1.82, 2.24) is 77.3 Å². The SMILES string of the molecule is CCCC[C@H]1C(=O)N2CCC[C@@H]2C(=O)N[C@@H](CC(=O)O)C(=O)N[C@H](C(C)C)C(=O)N(C)[C@@H](Cc2ccccc2)C(=O)N[C@@H](CCN)C(=O)N2CCOC[C@@H]2C(=O)N[C@H](Cc2c[nH]c3ccccc23)C(=O)N[C@@H](Cc2ccc(O)cc2)C(=O)N[C@@H](CC(C)C)C(=O)N[C@H](C(=O)NCC(N)=O)CSCC(=O)N[C@@H](Cc2cc(F)c(F)c(F)c2)C(=O)N(C)[C@@H](Cc2ccc(O)cc2)C(=O)N1C. The lowest BCUT2D eigenvalue weighted by Crippen LogP contribution is -2.64. The van der Waals surface area contributed by atoms with E-state index in [1.54, 1.807) is 95.4 Å². The molecule has 3 fully saturated rings. The highest BCUT2D eigenvalue weighted by atomic mass is 32.2. The second-order valence-corrected chi connectivity index (χ2v) is 35.2. The molecule has 0 radical (unpaired) electrons. The number of para-hydroxylation sites is 1. The van der Waals surface area contributed by atoms with E-state index in [2.05, 4.69) is 52.8 Å². The lowest BCUT2D eigenvalue weighted by atomic mass is 9.98. The number of likely N-dealkylation sites (N-methyl/N-ethyl adjacent to an activating group) is 3. The van der Waals surface area contributed by atoms with Crippen LogP contribution in [0.15, 0.2) is 121 Å². The molecule has 41 heteroatoms. The van der Waals surface area contributed by atoms with E-state index >= 15 is 56.7 Å². The second-order valence-electron chi connectivity index (χ2n) is 34.1. The summed E-state index contributed by atoms with van der Waals surface area (Å²) in [5.41, 5.74) is 13.5. The molecule has 718 valence electrons. The number of amides is 15. The van der Waals surface area contributed by atoms with E-state index in [4.69, 9.17) is 16.2 Å². The van der Waals surface area contributed by atoms with Crippen LogP contribution in [0.1, 0.15) is 114 Å². The summed E-state index contributed by atoms with van der Waals surface area (Å²) in [6.07, 6.45) is -1.25. The molecule has 0 aliphatic carbocycles. The number of aliphatic carboxylic acids is 1. The van der Waals surface area contributed by atoms with Crippen molar-refractivity contribution in [2.45, 2.75) is 197 Å². The van der Waals surface area contributed by atoms with Gasteiger partial charge in [-0.05, 0) is 121 Å². The number of H-pyrrole nitrogens is 1. The number of aromatic nitrogens is 1. The van der Waals surface area contributed by atoms with E-state index in [1.807, 2.05) is 0 Å². The van der Waals surface area contributed by atoms with Gasteiger partial charge in [0.25, 0.3) is 0 Å². The molecule has 133 heavy (non-hydrogen) atoms. The summed E-state index contributed by atoms with van der Waals surface area (Å²) in [7, 11) is 3.68. The summed E-state index contributed by atoms with van der Waals surface area (Å²) in [6.45, 7) is 6.26. The zero-order chi connectivity index (χ0) is 97.2. The number of fused-ring (bicyclic) bond motifs is 3. The van der Waals surface area contributed by atoms with Crippen LogP contribution in [-0.2, 0) is 114 Å². The van der Waals surface area contributed by atoms with Gasteiger partial charge in [-0.1, -0.05) is 120 Å². The van der Waals surface area contributed by atoms with Crippen LogP contribution in [0.5, 0.6) is 11.5 Å². The van der Waals surface area contributed by atoms with Crippen LogP contribution in [0.2, 0.25) is 0 Å². The number of nitrogens with two attached hydrogens (primary N) is 2. The Kier molecular flexibility index (Phi) is 38.0. The molecule has 15 amide bonds. The monoisotopic (exact) mass is 1870 g/mol. The molecule has 37 nitrogen and oxygen atoms in total. The number of nitrogens with zero attached hydrogens (tertiary/aromatic N) is 5. The lowest BCUT2D eigenvalue weighted by Gasteiger charge is -2.38. The number of hydrogen-bond donors (Lipinski definition) is 15. The van der Waals surface area contributed by atoms with E-state index in [9.17, 15) is 48.5 Å². The Labute approximate surface area is 771 Å². The Hall–Kier alpha value is -13.2. The summed E-state index contributed by atoms with van der Waals surface area (Å²) >= 11 is 0.656. The number of hydrogen-bond acceptors (Lipinski definition) is 21. The lowest BCUT2D eigenvalue weighted by molar-refractivity contribution is -0.152. The van der Waals surface area contributed by atoms with Crippen LogP contribution in [0, 0.1) is 29.3 Å². The summed E-state index contributed by atoms with van der Waals surface area (Å²) < 4.78 is 50.9. The molecular formula is C92H118F3N17O20S. The maximum Gasteiger partial charge on any atom is 0.305 e. The Bertz CT molecular complexity index is 5150. The molecule has 3 aliphatic heterocycles. The molecule has 0 unspecified atom stereocenters. The first kappa shape index (κ1) is 104. The van der Waals surface area contributed by atoms with Crippen LogP contribution >= 0.6 is 11.8 Å².